The zero-order valence-corrected chi connectivity index (χ0v) is 10.2. The van der Waals surface area contributed by atoms with E-state index in [1.54, 1.807) is 20.3 Å². The number of hydrogen-bond acceptors (Lipinski definition) is 3. The van der Waals surface area contributed by atoms with E-state index in [0.29, 0.717) is 22.9 Å². The third-order valence-electron chi connectivity index (χ3n) is 2.90. The molecule has 1 N–H and O–H groups in total. The number of benzene rings is 1. The van der Waals surface area contributed by atoms with Gasteiger partial charge in [0.25, 0.3) is 0 Å². The van der Waals surface area contributed by atoms with E-state index in [9.17, 15) is 5.11 Å². The number of halogens is 1. The standard InChI is InChI=1S/C12H15ClO3/c1-15-10-5-8(7-12(14)3-4-12)9(13)6-11(10)16-2/h5-6,14H,3-4,7H2,1-2H3. The van der Waals surface area contributed by atoms with Crippen LogP contribution in [0.2, 0.25) is 5.02 Å². The van der Waals surface area contributed by atoms with Crippen LogP contribution in [-0.4, -0.2) is 24.9 Å². The highest BCUT2D eigenvalue weighted by Crippen LogP contribution is 2.42. The van der Waals surface area contributed by atoms with Gasteiger partial charge in [-0.15, -0.1) is 0 Å². The number of hydrogen-bond donors (Lipinski definition) is 1. The third-order valence-corrected chi connectivity index (χ3v) is 3.25. The Morgan fingerprint density at radius 2 is 1.81 bits per heavy atom. The van der Waals surface area contributed by atoms with Crippen molar-refractivity contribution < 1.29 is 14.6 Å². The highest BCUT2D eigenvalue weighted by atomic mass is 35.5. The van der Waals surface area contributed by atoms with Crippen LogP contribution in [0.1, 0.15) is 18.4 Å². The number of rotatable bonds is 4. The molecule has 3 nitrogen and oxygen atoms in total. The van der Waals surface area contributed by atoms with Gasteiger partial charge in [0.1, 0.15) is 0 Å². The minimum atomic E-state index is -0.552. The molecule has 0 spiro atoms. The van der Waals surface area contributed by atoms with Crippen LogP contribution < -0.4 is 9.47 Å². The largest absolute Gasteiger partial charge is 0.493 e. The van der Waals surface area contributed by atoms with Gasteiger partial charge < -0.3 is 14.6 Å². The van der Waals surface area contributed by atoms with Crippen molar-refractivity contribution in [2.75, 3.05) is 14.2 Å². The minimum Gasteiger partial charge on any atom is -0.493 e. The average Bonchev–Trinajstić information content (AvgIpc) is 2.99. The molecule has 1 aromatic rings. The Morgan fingerprint density at radius 1 is 1.25 bits per heavy atom. The van der Waals surface area contributed by atoms with E-state index in [1.807, 2.05) is 6.07 Å². The van der Waals surface area contributed by atoms with E-state index in [4.69, 9.17) is 21.1 Å². The molecule has 1 saturated carbocycles. The van der Waals surface area contributed by atoms with Gasteiger partial charge in [-0.2, -0.15) is 0 Å². The molecule has 0 bridgehead atoms. The molecule has 0 saturated heterocycles. The van der Waals surface area contributed by atoms with Crippen LogP contribution in [0.4, 0.5) is 0 Å². The molecule has 1 fully saturated rings. The molecule has 0 aromatic heterocycles. The molecule has 1 aliphatic rings. The van der Waals surface area contributed by atoms with Gasteiger partial charge in [-0.05, 0) is 24.5 Å². The zero-order valence-electron chi connectivity index (χ0n) is 9.42. The fourth-order valence-corrected chi connectivity index (χ4v) is 1.93. The minimum absolute atomic E-state index is 0.552. The van der Waals surface area contributed by atoms with Crippen LogP contribution in [0.5, 0.6) is 11.5 Å². The van der Waals surface area contributed by atoms with Crippen molar-refractivity contribution in [2.45, 2.75) is 24.9 Å². The molecule has 16 heavy (non-hydrogen) atoms. The summed E-state index contributed by atoms with van der Waals surface area (Å²) in [5.74, 6) is 1.25. The first-order valence-electron chi connectivity index (χ1n) is 5.21. The van der Waals surface area contributed by atoms with Crippen LogP contribution >= 0.6 is 11.6 Å². The highest BCUT2D eigenvalue weighted by molar-refractivity contribution is 6.31. The van der Waals surface area contributed by atoms with E-state index < -0.39 is 5.60 Å². The summed E-state index contributed by atoms with van der Waals surface area (Å²) in [6.45, 7) is 0. The van der Waals surface area contributed by atoms with Crippen molar-refractivity contribution >= 4 is 11.6 Å². The summed E-state index contributed by atoms with van der Waals surface area (Å²) >= 11 is 6.12. The molecular weight excluding hydrogens is 228 g/mol. The van der Waals surface area contributed by atoms with Crippen molar-refractivity contribution in [3.63, 3.8) is 0 Å². The van der Waals surface area contributed by atoms with Crippen LogP contribution in [0.15, 0.2) is 12.1 Å². The van der Waals surface area contributed by atoms with Crippen molar-refractivity contribution in [1.29, 1.82) is 0 Å². The topological polar surface area (TPSA) is 38.7 Å². The zero-order chi connectivity index (χ0) is 11.8. The van der Waals surface area contributed by atoms with Crippen LogP contribution in [0.3, 0.4) is 0 Å². The lowest BCUT2D eigenvalue weighted by Gasteiger charge is -2.13. The molecule has 1 aromatic carbocycles. The lowest BCUT2D eigenvalue weighted by atomic mass is 10.1. The molecule has 0 radical (unpaired) electrons. The van der Waals surface area contributed by atoms with Gasteiger partial charge in [0.2, 0.25) is 0 Å². The molecule has 0 amide bonds. The maximum atomic E-state index is 9.87. The molecule has 0 heterocycles. The summed E-state index contributed by atoms with van der Waals surface area (Å²) in [4.78, 5) is 0. The van der Waals surface area contributed by atoms with Crippen molar-refractivity contribution in [3.05, 3.63) is 22.7 Å². The van der Waals surface area contributed by atoms with E-state index in [0.717, 1.165) is 18.4 Å². The molecule has 0 unspecified atom stereocenters. The van der Waals surface area contributed by atoms with Gasteiger partial charge >= 0.3 is 0 Å². The van der Waals surface area contributed by atoms with Crippen LogP contribution in [0.25, 0.3) is 0 Å². The quantitative estimate of drug-likeness (QED) is 0.881. The Morgan fingerprint density at radius 3 is 2.31 bits per heavy atom. The maximum Gasteiger partial charge on any atom is 0.162 e. The van der Waals surface area contributed by atoms with Crippen molar-refractivity contribution in [1.82, 2.24) is 0 Å². The fraction of sp³-hybridized carbons (Fsp3) is 0.500. The predicted octanol–water partition coefficient (Wildman–Crippen LogP) is 2.42. The second-order valence-electron chi connectivity index (χ2n) is 4.20. The molecule has 88 valence electrons. The number of methoxy groups -OCH3 is 2. The molecule has 2 rings (SSSR count). The molecule has 4 heteroatoms. The summed E-state index contributed by atoms with van der Waals surface area (Å²) in [6.07, 6.45) is 2.27. The summed E-state index contributed by atoms with van der Waals surface area (Å²) in [6, 6.07) is 3.55. The monoisotopic (exact) mass is 242 g/mol. The van der Waals surface area contributed by atoms with Gasteiger partial charge in [0.15, 0.2) is 11.5 Å². The second-order valence-corrected chi connectivity index (χ2v) is 4.61. The first kappa shape index (κ1) is 11.6. The summed E-state index contributed by atoms with van der Waals surface area (Å²) in [5.41, 5.74) is 0.350. The van der Waals surface area contributed by atoms with E-state index in [-0.39, 0.29) is 0 Å². The van der Waals surface area contributed by atoms with E-state index >= 15 is 0 Å². The number of aliphatic hydroxyl groups is 1. The molecule has 0 aliphatic heterocycles. The first-order valence-corrected chi connectivity index (χ1v) is 5.58. The molecule has 1 aliphatic carbocycles. The Kier molecular flexibility index (Phi) is 3.00. The van der Waals surface area contributed by atoms with E-state index in [2.05, 4.69) is 0 Å². The van der Waals surface area contributed by atoms with Gasteiger partial charge in [0.05, 0.1) is 19.8 Å². The smallest absolute Gasteiger partial charge is 0.162 e. The van der Waals surface area contributed by atoms with Crippen LogP contribution in [-0.2, 0) is 6.42 Å². The van der Waals surface area contributed by atoms with Gasteiger partial charge in [-0.25, -0.2) is 0 Å². The third kappa shape index (κ3) is 2.25. The Hall–Kier alpha value is -0.930. The summed E-state index contributed by atoms with van der Waals surface area (Å²) < 4.78 is 10.3. The summed E-state index contributed by atoms with van der Waals surface area (Å²) in [5, 5.41) is 10.5. The van der Waals surface area contributed by atoms with E-state index in [1.165, 1.54) is 0 Å². The normalized spacial score (nSPS) is 17.0. The van der Waals surface area contributed by atoms with Gasteiger partial charge in [-0.3, -0.25) is 0 Å². The van der Waals surface area contributed by atoms with Crippen molar-refractivity contribution in [3.8, 4) is 11.5 Å². The summed E-state index contributed by atoms with van der Waals surface area (Å²) in [7, 11) is 3.16. The lowest BCUT2D eigenvalue weighted by Crippen LogP contribution is -2.11. The Bertz CT molecular complexity index is 399. The Balaban J connectivity index is 2.30. The SMILES string of the molecule is COc1cc(Cl)c(CC2(O)CC2)cc1OC. The predicted molar refractivity (Wildman–Crippen MR) is 62.4 cm³/mol. The van der Waals surface area contributed by atoms with Gasteiger partial charge in [-0.1, -0.05) is 11.6 Å². The van der Waals surface area contributed by atoms with Crippen LogP contribution in [0, 0.1) is 0 Å². The first-order chi connectivity index (χ1) is 7.58. The molecule has 0 atom stereocenters. The molecular formula is C12H15ClO3. The second kappa shape index (κ2) is 4.15. The fourth-order valence-electron chi connectivity index (χ4n) is 1.71. The average molecular weight is 243 g/mol. The lowest BCUT2D eigenvalue weighted by molar-refractivity contribution is 0.151. The number of ether oxygens (including phenoxy) is 2. The Labute approximate surface area is 99.9 Å². The van der Waals surface area contributed by atoms with Gasteiger partial charge in [0, 0.05) is 17.5 Å². The highest BCUT2D eigenvalue weighted by Gasteiger charge is 2.40. The van der Waals surface area contributed by atoms with Crippen molar-refractivity contribution in [2.24, 2.45) is 0 Å². The maximum absolute atomic E-state index is 9.87.